The number of alkyl halides is 3. The van der Waals surface area contributed by atoms with E-state index in [1.807, 2.05) is 61.5 Å². The molecule has 3 heterocycles. The first-order chi connectivity index (χ1) is 23.1. The predicted molar refractivity (Wildman–Crippen MR) is 169 cm³/mol. The molecule has 2 N–H and O–H groups in total. The number of aliphatic hydroxyl groups excluding tert-OH is 1. The Morgan fingerprint density at radius 3 is 2.52 bits per heavy atom. The number of likely N-dealkylation sites (tertiary alicyclic amines) is 1. The molecule has 6 rings (SSSR count). The molecular weight excluding hydrogens is 649 g/mol. The first-order valence-electron chi connectivity index (χ1n) is 15.4. The Morgan fingerprint density at radius 1 is 1.02 bits per heavy atom. The third kappa shape index (κ3) is 7.38. The number of aromatic nitrogens is 4. The van der Waals surface area contributed by atoms with Crippen LogP contribution in [0.25, 0.3) is 5.69 Å². The van der Waals surface area contributed by atoms with Gasteiger partial charge >= 0.3 is 12.1 Å². The number of benzene rings is 3. The largest absolute Gasteiger partial charge is 0.471 e. The summed E-state index contributed by atoms with van der Waals surface area (Å²) < 4.78 is 54.1. The third-order valence-electron chi connectivity index (χ3n) is 8.43. The van der Waals surface area contributed by atoms with Crippen LogP contribution in [0.3, 0.4) is 0 Å². The van der Waals surface area contributed by atoms with Gasteiger partial charge in [0.1, 0.15) is 6.04 Å². The number of halogens is 3. The van der Waals surface area contributed by atoms with Gasteiger partial charge in [-0.1, -0.05) is 73.3 Å². The van der Waals surface area contributed by atoms with E-state index in [0.29, 0.717) is 33.5 Å². The molecule has 2 aliphatic heterocycles. The van der Waals surface area contributed by atoms with Gasteiger partial charge in [0.25, 0.3) is 0 Å². The standard InChI is InChI=1S/C33H33F3N6O5S/c1-20-27(19-48-32-38-39-40-42(32)25-9-3-2-4-10-25)46-30(47-28(20)22-14-12-21(18-43)13-15-22)23-7-5-8-24(17-23)37-29(44)26-11-6-16-41(26)31(45)33(34,35)36/h2-5,7-10,12-15,17,20,26-28,30,43H,6,11,16,18-19H2,1H3,(H,37,44). The summed E-state index contributed by atoms with van der Waals surface area (Å²) in [6.45, 7) is 1.79. The minimum Gasteiger partial charge on any atom is -0.392 e. The number of thioether (sulfide) groups is 1. The van der Waals surface area contributed by atoms with E-state index in [0.717, 1.165) is 16.8 Å². The summed E-state index contributed by atoms with van der Waals surface area (Å²) in [5, 5.41) is 25.0. The van der Waals surface area contributed by atoms with Gasteiger partial charge < -0.3 is 24.8 Å². The van der Waals surface area contributed by atoms with Gasteiger partial charge in [0.15, 0.2) is 6.29 Å². The second-order valence-corrected chi connectivity index (χ2v) is 12.6. The third-order valence-corrected chi connectivity index (χ3v) is 9.43. The smallest absolute Gasteiger partial charge is 0.392 e. The highest BCUT2D eigenvalue weighted by Gasteiger charge is 2.47. The molecule has 4 aromatic rings. The molecule has 5 atom stereocenters. The van der Waals surface area contributed by atoms with Gasteiger partial charge in [-0.2, -0.15) is 17.9 Å². The number of carbonyl (C=O) groups excluding carboxylic acids is 2. The topological polar surface area (TPSA) is 132 Å². The predicted octanol–water partition coefficient (Wildman–Crippen LogP) is 5.23. The molecule has 0 spiro atoms. The van der Waals surface area contributed by atoms with Crippen LogP contribution in [0.1, 0.15) is 48.8 Å². The maximum Gasteiger partial charge on any atom is 0.471 e. The van der Waals surface area contributed by atoms with Gasteiger partial charge in [-0.15, -0.1) is 5.10 Å². The highest BCUT2D eigenvalue weighted by atomic mass is 32.2. The number of amides is 2. The van der Waals surface area contributed by atoms with Crippen molar-refractivity contribution in [1.29, 1.82) is 0 Å². The molecule has 252 valence electrons. The monoisotopic (exact) mass is 682 g/mol. The molecular formula is C33H33F3N6O5S. The van der Waals surface area contributed by atoms with E-state index >= 15 is 0 Å². The van der Waals surface area contributed by atoms with Crippen molar-refractivity contribution in [3.63, 3.8) is 0 Å². The van der Waals surface area contributed by atoms with E-state index in [-0.39, 0.29) is 31.6 Å². The van der Waals surface area contributed by atoms with Crippen LogP contribution in [-0.4, -0.2) is 72.6 Å². The molecule has 5 unspecified atom stereocenters. The number of ether oxygens (including phenoxy) is 2. The zero-order valence-corrected chi connectivity index (χ0v) is 26.6. The van der Waals surface area contributed by atoms with Crippen molar-refractivity contribution in [2.75, 3.05) is 17.6 Å². The second-order valence-electron chi connectivity index (χ2n) is 11.6. The number of nitrogens with one attached hydrogen (secondary N) is 1. The van der Waals surface area contributed by atoms with Crippen LogP contribution in [0.15, 0.2) is 84.0 Å². The quantitative estimate of drug-likeness (QED) is 0.228. The molecule has 2 aliphatic rings. The fraction of sp³-hybridized carbons (Fsp3) is 0.364. The molecule has 3 aromatic carbocycles. The molecule has 0 radical (unpaired) electrons. The van der Waals surface area contributed by atoms with Crippen LogP contribution >= 0.6 is 11.8 Å². The lowest BCUT2D eigenvalue weighted by Gasteiger charge is -2.41. The summed E-state index contributed by atoms with van der Waals surface area (Å²) in [7, 11) is 0. The van der Waals surface area contributed by atoms with Crippen LogP contribution in [0.4, 0.5) is 18.9 Å². The Morgan fingerprint density at radius 2 is 1.79 bits per heavy atom. The van der Waals surface area contributed by atoms with E-state index in [1.165, 1.54) is 11.8 Å². The van der Waals surface area contributed by atoms with Crippen LogP contribution in [0, 0.1) is 5.92 Å². The number of aliphatic hydroxyl groups is 1. The lowest BCUT2D eigenvalue weighted by molar-refractivity contribution is -0.268. The molecule has 15 heteroatoms. The normalized spacial score (nSPS) is 22.9. The van der Waals surface area contributed by atoms with Gasteiger partial charge in [-0.05, 0) is 58.7 Å². The van der Waals surface area contributed by atoms with E-state index < -0.39 is 36.4 Å². The SMILES string of the molecule is CC1C(CSc2nnnn2-c2ccccc2)OC(c2cccc(NC(=O)C3CCCN3C(=O)C(F)(F)F)c2)OC1c1ccc(CO)cc1. The van der Waals surface area contributed by atoms with Crippen molar-refractivity contribution in [2.45, 2.75) is 62.2 Å². The highest BCUT2D eigenvalue weighted by Crippen LogP contribution is 2.43. The Kier molecular flexibility index (Phi) is 10.1. The summed E-state index contributed by atoms with van der Waals surface area (Å²) in [6.07, 6.45) is -6.27. The molecule has 0 aliphatic carbocycles. The molecule has 1 aromatic heterocycles. The highest BCUT2D eigenvalue weighted by molar-refractivity contribution is 7.99. The van der Waals surface area contributed by atoms with Crippen molar-refractivity contribution in [3.8, 4) is 5.69 Å². The Hall–Kier alpha value is -4.31. The summed E-state index contributed by atoms with van der Waals surface area (Å²) in [4.78, 5) is 25.6. The number of tetrazole rings is 1. The van der Waals surface area contributed by atoms with E-state index in [1.54, 1.807) is 28.9 Å². The van der Waals surface area contributed by atoms with E-state index in [2.05, 4.69) is 20.8 Å². The molecule has 11 nitrogen and oxygen atoms in total. The lowest BCUT2D eigenvalue weighted by atomic mass is 9.91. The first kappa shape index (κ1) is 33.6. The number of anilines is 1. The zero-order chi connectivity index (χ0) is 33.8. The summed E-state index contributed by atoms with van der Waals surface area (Å²) in [6, 6.07) is 22.5. The van der Waals surface area contributed by atoms with E-state index in [4.69, 9.17) is 9.47 Å². The van der Waals surface area contributed by atoms with Crippen molar-refractivity contribution >= 4 is 29.3 Å². The van der Waals surface area contributed by atoms with Crippen molar-refractivity contribution in [3.05, 3.63) is 95.6 Å². The van der Waals surface area contributed by atoms with Crippen molar-refractivity contribution in [1.82, 2.24) is 25.1 Å². The van der Waals surface area contributed by atoms with Gasteiger partial charge in [0.05, 0.1) is 24.5 Å². The Labute approximate surface area is 278 Å². The minimum atomic E-state index is -5.06. The molecule has 0 bridgehead atoms. The minimum absolute atomic E-state index is 0.0933. The van der Waals surface area contributed by atoms with Crippen LogP contribution in [0.2, 0.25) is 0 Å². The van der Waals surface area contributed by atoms with Crippen molar-refractivity contribution in [2.24, 2.45) is 5.92 Å². The van der Waals surface area contributed by atoms with Crippen LogP contribution in [0.5, 0.6) is 0 Å². The average Bonchev–Trinajstić information content (AvgIpc) is 3.78. The number of para-hydroxylation sites is 1. The zero-order valence-electron chi connectivity index (χ0n) is 25.8. The maximum absolute atomic E-state index is 13.1. The van der Waals surface area contributed by atoms with Gasteiger partial charge in [0.2, 0.25) is 11.1 Å². The molecule has 2 fully saturated rings. The molecule has 48 heavy (non-hydrogen) atoms. The summed E-state index contributed by atoms with van der Waals surface area (Å²) in [5.74, 6) is -2.38. The number of rotatable bonds is 9. The van der Waals surface area contributed by atoms with E-state index in [9.17, 15) is 27.9 Å². The second kappa shape index (κ2) is 14.4. The van der Waals surface area contributed by atoms with Gasteiger partial charge in [0, 0.05) is 29.5 Å². The number of hydrogen-bond donors (Lipinski definition) is 2. The molecule has 2 amide bonds. The summed E-state index contributed by atoms with van der Waals surface area (Å²) >= 11 is 1.43. The van der Waals surface area contributed by atoms with Crippen molar-refractivity contribution < 1.29 is 37.3 Å². The Bertz CT molecular complexity index is 1720. The number of carbonyl (C=O) groups is 2. The van der Waals surface area contributed by atoms with Crippen LogP contribution in [-0.2, 0) is 25.7 Å². The van der Waals surface area contributed by atoms with Gasteiger partial charge in [-0.3, -0.25) is 9.59 Å². The number of nitrogens with zero attached hydrogens (tertiary/aromatic N) is 5. The summed E-state index contributed by atoms with van der Waals surface area (Å²) in [5.41, 5.74) is 3.36. The lowest BCUT2D eigenvalue weighted by Crippen LogP contribution is -2.48. The molecule has 2 saturated heterocycles. The molecule has 0 saturated carbocycles. The average molecular weight is 683 g/mol. The maximum atomic E-state index is 13.1. The van der Waals surface area contributed by atoms with Crippen LogP contribution < -0.4 is 5.32 Å². The Balaban J connectivity index is 1.22. The van der Waals surface area contributed by atoms with Gasteiger partial charge in [-0.25, -0.2) is 0 Å². The fourth-order valence-electron chi connectivity index (χ4n) is 5.90. The number of hydrogen-bond acceptors (Lipinski definition) is 9. The fourth-order valence-corrected chi connectivity index (χ4v) is 6.95. The first-order valence-corrected chi connectivity index (χ1v) is 16.4.